The molecule has 2 heterocycles. The van der Waals surface area contributed by atoms with Gasteiger partial charge >= 0.3 is 0 Å². The molecule has 1 unspecified atom stereocenters. The van der Waals surface area contributed by atoms with Gasteiger partial charge in [0, 0.05) is 29.1 Å². The zero-order chi connectivity index (χ0) is 17.8. The summed E-state index contributed by atoms with van der Waals surface area (Å²) in [6.07, 6.45) is 1.51. The van der Waals surface area contributed by atoms with Gasteiger partial charge in [-0.3, -0.25) is 4.79 Å². The number of aromatic nitrogens is 3. The first-order valence-electron chi connectivity index (χ1n) is 7.62. The highest BCUT2D eigenvalue weighted by Gasteiger charge is 2.27. The van der Waals surface area contributed by atoms with Crippen molar-refractivity contribution in [3.05, 3.63) is 48.0 Å². The second kappa shape index (κ2) is 5.36. The second-order valence-electron chi connectivity index (χ2n) is 5.94. The molecule has 1 atom stereocenters. The van der Waals surface area contributed by atoms with Crippen molar-refractivity contribution in [1.29, 1.82) is 0 Å². The molecule has 8 nitrogen and oxygen atoms in total. The van der Waals surface area contributed by atoms with E-state index in [9.17, 15) is 13.2 Å². The molecule has 1 aromatic heterocycles. The summed E-state index contributed by atoms with van der Waals surface area (Å²) >= 11 is 0. The van der Waals surface area contributed by atoms with Gasteiger partial charge in [-0.25, -0.2) is 13.1 Å². The first kappa shape index (κ1) is 15.7. The number of carbonyl (C=O) groups is 1. The monoisotopic (exact) mass is 357 g/mol. The standard InChI is InChI=1S/C16H15N5O3S/c1-9(15-19-17-8-21(15)2)20-25(23,24)13-7-6-12-14-10(13)4-3-5-11(14)16(22)18-12/h3-9,20H,1-2H3,(H,18,22). The Bertz CT molecular complexity index is 1120. The Morgan fingerprint density at radius 1 is 1.24 bits per heavy atom. The number of hydrogen-bond donors (Lipinski definition) is 2. The summed E-state index contributed by atoms with van der Waals surface area (Å²) in [7, 11) is -2.08. The van der Waals surface area contributed by atoms with Gasteiger partial charge in [-0.2, -0.15) is 0 Å². The largest absolute Gasteiger partial charge is 0.321 e. The Hall–Kier alpha value is -2.78. The van der Waals surface area contributed by atoms with E-state index >= 15 is 0 Å². The van der Waals surface area contributed by atoms with Gasteiger partial charge in [0.15, 0.2) is 0 Å². The maximum atomic E-state index is 12.9. The van der Waals surface area contributed by atoms with Crippen LogP contribution in [0.4, 0.5) is 5.69 Å². The SMILES string of the molecule is CC(NS(=O)(=O)c1ccc2c3c(cccc13)C(=O)N2)c1nncn1C. The summed E-state index contributed by atoms with van der Waals surface area (Å²) < 4.78 is 30.1. The Morgan fingerprint density at radius 3 is 2.76 bits per heavy atom. The number of anilines is 1. The van der Waals surface area contributed by atoms with Crippen molar-refractivity contribution < 1.29 is 13.2 Å². The highest BCUT2D eigenvalue weighted by molar-refractivity contribution is 7.89. The van der Waals surface area contributed by atoms with E-state index in [0.29, 0.717) is 27.8 Å². The Balaban J connectivity index is 1.81. The first-order valence-corrected chi connectivity index (χ1v) is 9.10. The molecule has 2 aromatic carbocycles. The molecular formula is C16H15N5O3S. The first-order chi connectivity index (χ1) is 11.9. The summed E-state index contributed by atoms with van der Waals surface area (Å²) in [5, 5.41) is 11.6. The molecule has 9 heteroatoms. The lowest BCUT2D eigenvalue weighted by molar-refractivity contribution is 0.103. The number of nitrogens with one attached hydrogen (secondary N) is 2. The van der Waals surface area contributed by atoms with Crippen LogP contribution in [-0.4, -0.2) is 29.1 Å². The van der Waals surface area contributed by atoms with Gasteiger partial charge in [-0.1, -0.05) is 12.1 Å². The molecule has 25 heavy (non-hydrogen) atoms. The van der Waals surface area contributed by atoms with Crippen molar-refractivity contribution in [1.82, 2.24) is 19.5 Å². The van der Waals surface area contributed by atoms with Gasteiger partial charge in [-0.05, 0) is 25.1 Å². The van der Waals surface area contributed by atoms with Crippen LogP contribution in [0, 0.1) is 0 Å². The summed E-state index contributed by atoms with van der Waals surface area (Å²) in [6, 6.07) is 7.61. The van der Waals surface area contributed by atoms with Gasteiger partial charge in [0.2, 0.25) is 10.0 Å². The molecule has 128 valence electrons. The molecule has 0 fully saturated rings. The van der Waals surface area contributed by atoms with Crippen molar-refractivity contribution >= 4 is 32.4 Å². The third kappa shape index (κ3) is 2.39. The number of nitrogens with zero attached hydrogens (tertiary/aromatic N) is 3. The van der Waals surface area contributed by atoms with Gasteiger partial charge in [-0.15, -0.1) is 10.2 Å². The van der Waals surface area contributed by atoms with Crippen molar-refractivity contribution in [3.8, 4) is 0 Å². The van der Waals surface area contributed by atoms with Crippen LogP contribution in [0.1, 0.15) is 29.1 Å². The number of carbonyl (C=O) groups excluding carboxylic acids is 1. The Morgan fingerprint density at radius 2 is 2.04 bits per heavy atom. The molecule has 1 aliphatic heterocycles. The Labute approximate surface area is 143 Å². The van der Waals surface area contributed by atoms with E-state index in [1.54, 1.807) is 42.8 Å². The molecule has 0 aliphatic carbocycles. The smallest absolute Gasteiger partial charge is 0.256 e. The molecule has 0 saturated carbocycles. The second-order valence-corrected chi connectivity index (χ2v) is 7.62. The van der Waals surface area contributed by atoms with E-state index in [4.69, 9.17) is 0 Å². The van der Waals surface area contributed by atoms with E-state index < -0.39 is 16.1 Å². The minimum absolute atomic E-state index is 0.124. The zero-order valence-corrected chi connectivity index (χ0v) is 14.3. The van der Waals surface area contributed by atoms with Crippen molar-refractivity contribution in [2.75, 3.05) is 5.32 Å². The van der Waals surface area contributed by atoms with E-state index in [1.807, 2.05) is 0 Å². The fourth-order valence-corrected chi connectivity index (χ4v) is 4.54. The third-order valence-electron chi connectivity index (χ3n) is 4.25. The van der Waals surface area contributed by atoms with Gasteiger partial charge in [0.25, 0.3) is 5.91 Å². The summed E-state index contributed by atoms with van der Waals surface area (Å²) in [5.41, 5.74) is 1.10. The molecule has 0 bridgehead atoms. The van der Waals surface area contributed by atoms with Crippen molar-refractivity contribution in [3.63, 3.8) is 0 Å². The van der Waals surface area contributed by atoms with Gasteiger partial charge in [0.05, 0.1) is 10.9 Å². The maximum Gasteiger partial charge on any atom is 0.256 e. The summed E-state index contributed by atoms with van der Waals surface area (Å²) in [4.78, 5) is 12.1. The van der Waals surface area contributed by atoms with Crippen LogP contribution >= 0.6 is 0 Å². The topological polar surface area (TPSA) is 106 Å². The maximum absolute atomic E-state index is 12.9. The minimum atomic E-state index is -3.82. The predicted octanol–water partition coefficient (Wildman–Crippen LogP) is 1.57. The number of rotatable bonds is 4. The summed E-state index contributed by atoms with van der Waals surface area (Å²) in [5.74, 6) is 0.280. The van der Waals surface area contributed by atoms with Crippen LogP contribution in [0.15, 0.2) is 41.6 Å². The molecule has 3 aromatic rings. The molecule has 0 saturated heterocycles. The lowest BCUT2D eigenvalue weighted by atomic mass is 10.1. The fraction of sp³-hybridized carbons (Fsp3) is 0.188. The molecule has 1 amide bonds. The van der Waals surface area contributed by atoms with E-state index in [-0.39, 0.29) is 10.8 Å². The van der Waals surface area contributed by atoms with Crippen LogP contribution < -0.4 is 10.0 Å². The average Bonchev–Trinajstić information content (AvgIpc) is 3.12. The molecule has 1 aliphatic rings. The quantitative estimate of drug-likeness (QED) is 0.737. The molecule has 0 spiro atoms. The lowest BCUT2D eigenvalue weighted by Gasteiger charge is -2.15. The van der Waals surface area contributed by atoms with Crippen molar-refractivity contribution in [2.24, 2.45) is 7.05 Å². The third-order valence-corrected chi connectivity index (χ3v) is 5.85. The van der Waals surface area contributed by atoms with Crippen LogP contribution in [0.3, 0.4) is 0 Å². The number of hydrogen-bond acceptors (Lipinski definition) is 5. The minimum Gasteiger partial charge on any atom is -0.321 e. The van der Waals surface area contributed by atoms with Crippen molar-refractivity contribution in [2.45, 2.75) is 17.9 Å². The van der Waals surface area contributed by atoms with Crippen LogP contribution in [0.5, 0.6) is 0 Å². The van der Waals surface area contributed by atoms with E-state index in [0.717, 1.165) is 0 Å². The normalized spacial score (nSPS) is 14.7. The highest BCUT2D eigenvalue weighted by atomic mass is 32.2. The lowest BCUT2D eigenvalue weighted by Crippen LogP contribution is -2.28. The predicted molar refractivity (Wildman–Crippen MR) is 91.6 cm³/mol. The molecule has 0 radical (unpaired) electrons. The van der Waals surface area contributed by atoms with Crippen LogP contribution in [0.2, 0.25) is 0 Å². The Kier molecular flexibility index (Phi) is 3.37. The summed E-state index contributed by atoms with van der Waals surface area (Å²) in [6.45, 7) is 1.70. The van der Waals surface area contributed by atoms with E-state index in [1.165, 1.54) is 12.4 Å². The number of sulfonamides is 1. The van der Waals surface area contributed by atoms with Gasteiger partial charge < -0.3 is 9.88 Å². The van der Waals surface area contributed by atoms with E-state index in [2.05, 4.69) is 20.2 Å². The fourth-order valence-electron chi connectivity index (χ4n) is 3.13. The highest BCUT2D eigenvalue weighted by Crippen LogP contribution is 2.36. The van der Waals surface area contributed by atoms with Crippen LogP contribution in [-0.2, 0) is 17.1 Å². The zero-order valence-electron chi connectivity index (χ0n) is 13.5. The molecule has 2 N–H and O–H groups in total. The molecule has 4 rings (SSSR count). The average molecular weight is 357 g/mol. The van der Waals surface area contributed by atoms with Crippen LogP contribution in [0.25, 0.3) is 10.8 Å². The van der Waals surface area contributed by atoms with Gasteiger partial charge in [0.1, 0.15) is 12.2 Å². The number of aryl methyl sites for hydroxylation is 1. The number of amides is 1. The number of benzene rings is 2. The molecular weight excluding hydrogens is 342 g/mol.